The molecule has 0 spiro atoms. The Morgan fingerprint density at radius 3 is 2.80 bits per heavy atom. The molecule has 0 aliphatic carbocycles. The third-order valence-electron chi connectivity index (χ3n) is 3.07. The zero-order valence-corrected chi connectivity index (χ0v) is 10.6. The van der Waals surface area contributed by atoms with Crippen LogP contribution in [0.15, 0.2) is 42.5 Å². The highest BCUT2D eigenvalue weighted by Crippen LogP contribution is 2.32. The quantitative estimate of drug-likeness (QED) is 0.909. The molecule has 0 unspecified atom stereocenters. The number of benzene rings is 2. The Bertz CT molecular complexity index is 654. The van der Waals surface area contributed by atoms with Gasteiger partial charge >= 0.3 is 0 Å². The fourth-order valence-corrected chi connectivity index (χ4v) is 2.06. The van der Waals surface area contributed by atoms with E-state index in [1.54, 1.807) is 18.2 Å². The summed E-state index contributed by atoms with van der Waals surface area (Å²) in [6, 6.07) is 12.3. The van der Waals surface area contributed by atoms with E-state index in [0.29, 0.717) is 18.0 Å². The van der Waals surface area contributed by atoms with Crippen molar-refractivity contribution in [3.63, 3.8) is 0 Å². The van der Waals surface area contributed by atoms with Gasteiger partial charge in [-0.05, 0) is 23.8 Å². The summed E-state index contributed by atoms with van der Waals surface area (Å²) in [5.41, 5.74) is 1.65. The fraction of sp³-hybridized carbons (Fsp3) is 0.133. The molecule has 1 aliphatic heterocycles. The van der Waals surface area contributed by atoms with E-state index in [4.69, 9.17) is 9.47 Å². The van der Waals surface area contributed by atoms with Gasteiger partial charge in [0.2, 0.25) is 6.79 Å². The van der Waals surface area contributed by atoms with E-state index in [1.807, 2.05) is 18.2 Å². The summed E-state index contributed by atoms with van der Waals surface area (Å²) in [5, 5.41) is 14.1. The van der Waals surface area contributed by atoms with Crippen molar-refractivity contribution < 1.29 is 19.4 Å². The van der Waals surface area contributed by atoms with Crippen molar-refractivity contribution in [3.05, 3.63) is 53.6 Å². The number of anilines is 1. The Labute approximate surface area is 115 Å². The third-order valence-corrected chi connectivity index (χ3v) is 3.07. The SMILES string of the molecule is O=C([O-])c1ccccc1NCc1ccc2c(c1)OCO2. The number of fused-ring (bicyclic) bond motifs is 1. The van der Waals surface area contributed by atoms with Crippen LogP contribution < -0.4 is 19.9 Å². The number of carboxylic acid groups (broad SMARTS) is 1. The summed E-state index contributed by atoms with van der Waals surface area (Å²) >= 11 is 0. The minimum absolute atomic E-state index is 0.147. The van der Waals surface area contributed by atoms with Crippen LogP contribution in [0.5, 0.6) is 11.5 Å². The van der Waals surface area contributed by atoms with Crippen molar-refractivity contribution in [2.24, 2.45) is 0 Å². The highest BCUT2D eigenvalue weighted by Gasteiger charge is 2.13. The molecule has 1 N–H and O–H groups in total. The van der Waals surface area contributed by atoms with Gasteiger partial charge in [-0.1, -0.05) is 24.3 Å². The molecule has 0 saturated heterocycles. The number of nitrogens with one attached hydrogen (secondary N) is 1. The molecule has 0 amide bonds. The molecule has 1 heterocycles. The van der Waals surface area contributed by atoms with Crippen LogP contribution in [0.1, 0.15) is 15.9 Å². The van der Waals surface area contributed by atoms with E-state index in [1.165, 1.54) is 6.07 Å². The third kappa shape index (κ3) is 2.38. The molecule has 1 aliphatic rings. The van der Waals surface area contributed by atoms with Crippen molar-refractivity contribution in [3.8, 4) is 11.5 Å². The summed E-state index contributed by atoms with van der Waals surface area (Å²) in [6.07, 6.45) is 0. The molecule has 3 rings (SSSR count). The molecular formula is C15H12NO4-. The largest absolute Gasteiger partial charge is 0.545 e. The van der Waals surface area contributed by atoms with Gasteiger partial charge in [-0.3, -0.25) is 0 Å². The minimum atomic E-state index is -1.20. The number of rotatable bonds is 4. The zero-order chi connectivity index (χ0) is 13.9. The second-order valence-corrected chi connectivity index (χ2v) is 4.37. The Morgan fingerprint density at radius 2 is 1.95 bits per heavy atom. The summed E-state index contributed by atoms with van der Waals surface area (Å²) in [6.45, 7) is 0.723. The molecule has 0 fully saturated rings. The van der Waals surface area contributed by atoms with Crippen LogP contribution in [-0.4, -0.2) is 12.8 Å². The van der Waals surface area contributed by atoms with E-state index in [-0.39, 0.29) is 12.4 Å². The summed E-state index contributed by atoms with van der Waals surface area (Å²) in [4.78, 5) is 11.0. The Kier molecular flexibility index (Phi) is 3.16. The maximum Gasteiger partial charge on any atom is 0.231 e. The van der Waals surface area contributed by atoms with Crippen LogP contribution in [0.2, 0.25) is 0 Å². The monoisotopic (exact) mass is 270 g/mol. The lowest BCUT2D eigenvalue weighted by Gasteiger charge is -2.12. The standard InChI is InChI=1S/C15H13NO4/c17-15(18)11-3-1-2-4-12(11)16-8-10-5-6-13-14(7-10)20-9-19-13/h1-7,16H,8-9H2,(H,17,18)/p-1. The Balaban J connectivity index is 1.75. The Morgan fingerprint density at radius 1 is 1.15 bits per heavy atom. The number of aromatic carboxylic acids is 1. The van der Waals surface area contributed by atoms with Crippen LogP contribution in [0.3, 0.4) is 0 Å². The molecule has 0 radical (unpaired) electrons. The topological polar surface area (TPSA) is 70.6 Å². The first-order chi connectivity index (χ1) is 9.74. The lowest BCUT2D eigenvalue weighted by Crippen LogP contribution is -2.23. The summed E-state index contributed by atoms with van der Waals surface area (Å²) in [5.74, 6) is 0.236. The van der Waals surface area contributed by atoms with Gasteiger partial charge in [-0.15, -0.1) is 0 Å². The maximum atomic E-state index is 11.0. The van der Waals surface area contributed by atoms with Crippen molar-refractivity contribution in [1.82, 2.24) is 0 Å². The number of carbonyl (C=O) groups is 1. The van der Waals surface area contributed by atoms with E-state index in [9.17, 15) is 9.90 Å². The van der Waals surface area contributed by atoms with Crippen LogP contribution >= 0.6 is 0 Å². The smallest absolute Gasteiger partial charge is 0.231 e. The second kappa shape index (κ2) is 5.13. The highest BCUT2D eigenvalue weighted by atomic mass is 16.7. The minimum Gasteiger partial charge on any atom is -0.545 e. The summed E-state index contributed by atoms with van der Waals surface area (Å²) in [7, 11) is 0. The molecule has 5 heteroatoms. The molecule has 0 bridgehead atoms. The van der Waals surface area contributed by atoms with E-state index in [0.717, 1.165) is 11.3 Å². The molecule has 102 valence electrons. The molecule has 2 aromatic carbocycles. The second-order valence-electron chi connectivity index (χ2n) is 4.37. The van der Waals surface area contributed by atoms with Gasteiger partial charge in [0.05, 0.1) is 5.97 Å². The van der Waals surface area contributed by atoms with Gasteiger partial charge in [0.15, 0.2) is 11.5 Å². The number of carboxylic acids is 1. The number of hydrogen-bond donors (Lipinski definition) is 1. The number of para-hydroxylation sites is 1. The first kappa shape index (κ1) is 12.3. The normalized spacial score (nSPS) is 12.2. The first-order valence-electron chi connectivity index (χ1n) is 6.17. The van der Waals surface area contributed by atoms with Gasteiger partial charge in [-0.2, -0.15) is 0 Å². The average molecular weight is 270 g/mol. The zero-order valence-electron chi connectivity index (χ0n) is 10.6. The van der Waals surface area contributed by atoms with Gasteiger partial charge in [-0.25, -0.2) is 0 Å². The van der Waals surface area contributed by atoms with Gasteiger partial charge in [0.1, 0.15) is 0 Å². The van der Waals surface area contributed by atoms with Crippen molar-refractivity contribution in [2.75, 3.05) is 12.1 Å². The van der Waals surface area contributed by atoms with Crippen molar-refractivity contribution in [2.45, 2.75) is 6.54 Å². The molecule has 5 nitrogen and oxygen atoms in total. The molecule has 0 aromatic heterocycles. The fourth-order valence-electron chi connectivity index (χ4n) is 2.06. The Hall–Kier alpha value is -2.69. The number of carbonyl (C=O) groups excluding carboxylic acids is 1. The number of ether oxygens (including phenoxy) is 2. The predicted octanol–water partition coefficient (Wildman–Crippen LogP) is 1.39. The lowest BCUT2D eigenvalue weighted by molar-refractivity contribution is -0.254. The molecular weight excluding hydrogens is 258 g/mol. The van der Waals surface area contributed by atoms with Crippen molar-refractivity contribution >= 4 is 11.7 Å². The molecule has 0 saturated carbocycles. The highest BCUT2D eigenvalue weighted by molar-refractivity contribution is 5.92. The van der Waals surface area contributed by atoms with Crippen LogP contribution in [0, 0.1) is 0 Å². The number of hydrogen-bond acceptors (Lipinski definition) is 5. The van der Waals surface area contributed by atoms with E-state index < -0.39 is 5.97 Å². The van der Waals surface area contributed by atoms with E-state index >= 15 is 0 Å². The summed E-state index contributed by atoms with van der Waals surface area (Å²) < 4.78 is 10.5. The van der Waals surface area contributed by atoms with Crippen LogP contribution in [0.4, 0.5) is 5.69 Å². The van der Waals surface area contributed by atoms with Crippen LogP contribution in [-0.2, 0) is 6.54 Å². The van der Waals surface area contributed by atoms with Crippen LogP contribution in [0.25, 0.3) is 0 Å². The van der Waals surface area contributed by atoms with E-state index in [2.05, 4.69) is 5.32 Å². The average Bonchev–Trinajstić information content (AvgIpc) is 2.92. The van der Waals surface area contributed by atoms with Gasteiger partial charge in [0.25, 0.3) is 0 Å². The lowest BCUT2D eigenvalue weighted by atomic mass is 10.1. The maximum absolute atomic E-state index is 11.0. The van der Waals surface area contributed by atoms with Gasteiger partial charge < -0.3 is 24.7 Å². The van der Waals surface area contributed by atoms with Gasteiger partial charge in [0, 0.05) is 17.8 Å². The predicted molar refractivity (Wildman–Crippen MR) is 70.7 cm³/mol. The molecule has 0 atom stereocenters. The molecule has 2 aromatic rings. The van der Waals surface area contributed by atoms with Crippen molar-refractivity contribution in [1.29, 1.82) is 0 Å². The first-order valence-corrected chi connectivity index (χ1v) is 6.17. The molecule has 20 heavy (non-hydrogen) atoms.